The van der Waals surface area contributed by atoms with Crippen molar-refractivity contribution in [3.05, 3.63) is 36.3 Å². The lowest BCUT2D eigenvalue weighted by Gasteiger charge is -1.99. The Morgan fingerprint density at radius 1 is 1.50 bits per heavy atom. The number of rotatable bonds is 6. The first kappa shape index (κ1) is 12.4. The van der Waals surface area contributed by atoms with E-state index in [1.807, 2.05) is 25.5 Å². The van der Waals surface area contributed by atoms with E-state index in [2.05, 4.69) is 22.1 Å². The molecule has 0 aliphatic rings. The molecule has 0 aliphatic carbocycles. The Morgan fingerprint density at radius 2 is 2.33 bits per heavy atom. The monoisotopic (exact) mass is 247 g/mol. The number of hydrogen-bond donors (Lipinski definition) is 1. The van der Waals surface area contributed by atoms with Gasteiger partial charge in [0.1, 0.15) is 0 Å². The van der Waals surface area contributed by atoms with Crippen LogP contribution in [0.25, 0.3) is 6.20 Å². The summed E-state index contributed by atoms with van der Waals surface area (Å²) in [6.45, 7) is 5.08. The fraction of sp³-hybridized carbons (Fsp3) is 0.333. The maximum Gasteiger partial charge on any atom is 0.211 e. The number of ether oxygens (including phenoxy) is 1. The van der Waals surface area contributed by atoms with Crippen molar-refractivity contribution in [2.45, 2.75) is 13.1 Å². The molecule has 0 bridgehead atoms. The van der Waals surface area contributed by atoms with Crippen molar-refractivity contribution in [1.29, 1.82) is 0 Å². The molecule has 0 aliphatic heterocycles. The average molecular weight is 247 g/mol. The second kappa shape index (κ2) is 5.50. The SMILES string of the molecule is C=Cn1cc(CNCc2cc(OC)n(C)n2)cn1. The zero-order valence-corrected chi connectivity index (χ0v) is 10.6. The van der Waals surface area contributed by atoms with Crippen LogP contribution in [0.3, 0.4) is 0 Å². The molecule has 0 spiro atoms. The topological polar surface area (TPSA) is 56.9 Å². The lowest BCUT2D eigenvalue weighted by Crippen LogP contribution is -2.12. The Morgan fingerprint density at radius 3 is 2.94 bits per heavy atom. The third-order valence-corrected chi connectivity index (χ3v) is 2.57. The first-order valence-corrected chi connectivity index (χ1v) is 5.66. The number of nitrogens with one attached hydrogen (secondary N) is 1. The van der Waals surface area contributed by atoms with Gasteiger partial charge in [-0.25, -0.2) is 9.36 Å². The molecule has 0 saturated heterocycles. The van der Waals surface area contributed by atoms with E-state index in [-0.39, 0.29) is 0 Å². The molecule has 0 unspecified atom stereocenters. The van der Waals surface area contributed by atoms with E-state index < -0.39 is 0 Å². The van der Waals surface area contributed by atoms with Crippen molar-refractivity contribution in [3.63, 3.8) is 0 Å². The maximum absolute atomic E-state index is 5.16. The van der Waals surface area contributed by atoms with E-state index in [0.717, 1.165) is 23.7 Å². The van der Waals surface area contributed by atoms with Gasteiger partial charge in [-0.05, 0) is 0 Å². The van der Waals surface area contributed by atoms with Crippen molar-refractivity contribution in [1.82, 2.24) is 24.9 Å². The van der Waals surface area contributed by atoms with Crippen LogP contribution in [0.1, 0.15) is 11.3 Å². The highest BCUT2D eigenvalue weighted by Gasteiger charge is 2.04. The standard InChI is InChI=1S/C12H17N5O/c1-4-17-9-10(7-14-17)6-13-8-11-5-12(18-3)16(2)15-11/h4-5,7,9,13H,1,6,8H2,2-3H3. The molecule has 0 atom stereocenters. The summed E-state index contributed by atoms with van der Waals surface area (Å²) >= 11 is 0. The largest absolute Gasteiger partial charge is 0.481 e. The van der Waals surface area contributed by atoms with Crippen LogP contribution in [-0.4, -0.2) is 26.7 Å². The molecule has 96 valence electrons. The third-order valence-electron chi connectivity index (χ3n) is 2.57. The molecule has 0 saturated carbocycles. The summed E-state index contributed by atoms with van der Waals surface area (Å²) in [7, 11) is 3.49. The number of aryl methyl sites for hydroxylation is 1. The molecule has 2 heterocycles. The summed E-state index contributed by atoms with van der Waals surface area (Å²) in [5.74, 6) is 0.756. The van der Waals surface area contributed by atoms with Crippen molar-refractivity contribution in [3.8, 4) is 5.88 Å². The van der Waals surface area contributed by atoms with Gasteiger partial charge < -0.3 is 10.1 Å². The predicted molar refractivity (Wildman–Crippen MR) is 68.9 cm³/mol. The molecular formula is C12H17N5O. The minimum Gasteiger partial charge on any atom is -0.481 e. The summed E-state index contributed by atoms with van der Waals surface area (Å²) in [5.41, 5.74) is 2.06. The van der Waals surface area contributed by atoms with Crippen LogP contribution in [0.15, 0.2) is 25.0 Å². The minimum absolute atomic E-state index is 0.691. The first-order chi connectivity index (χ1) is 8.72. The Balaban J connectivity index is 1.86. The van der Waals surface area contributed by atoms with E-state index in [1.54, 1.807) is 22.7 Å². The fourth-order valence-electron chi connectivity index (χ4n) is 1.69. The molecule has 0 radical (unpaired) electrons. The van der Waals surface area contributed by atoms with Crippen LogP contribution in [0.2, 0.25) is 0 Å². The molecule has 0 fully saturated rings. The quantitative estimate of drug-likeness (QED) is 0.828. The van der Waals surface area contributed by atoms with Crippen LogP contribution in [0.5, 0.6) is 5.88 Å². The van der Waals surface area contributed by atoms with E-state index in [0.29, 0.717) is 6.54 Å². The van der Waals surface area contributed by atoms with Crippen molar-refractivity contribution >= 4 is 6.20 Å². The minimum atomic E-state index is 0.691. The van der Waals surface area contributed by atoms with Crippen molar-refractivity contribution < 1.29 is 4.74 Å². The summed E-state index contributed by atoms with van der Waals surface area (Å²) in [4.78, 5) is 0. The smallest absolute Gasteiger partial charge is 0.211 e. The first-order valence-electron chi connectivity index (χ1n) is 5.66. The molecule has 2 aromatic rings. The highest BCUT2D eigenvalue weighted by Crippen LogP contribution is 2.10. The molecule has 1 N–H and O–H groups in total. The van der Waals surface area contributed by atoms with Crippen LogP contribution in [-0.2, 0) is 20.1 Å². The number of hydrogen-bond acceptors (Lipinski definition) is 4. The van der Waals surface area contributed by atoms with Gasteiger partial charge >= 0.3 is 0 Å². The Bertz CT molecular complexity index is 528. The van der Waals surface area contributed by atoms with Gasteiger partial charge in [0.2, 0.25) is 5.88 Å². The van der Waals surface area contributed by atoms with Gasteiger partial charge in [-0.1, -0.05) is 6.58 Å². The zero-order valence-electron chi connectivity index (χ0n) is 10.6. The van der Waals surface area contributed by atoms with Gasteiger partial charge in [-0.2, -0.15) is 10.2 Å². The molecule has 18 heavy (non-hydrogen) atoms. The number of methoxy groups -OCH3 is 1. The van der Waals surface area contributed by atoms with Gasteiger partial charge in [0, 0.05) is 44.2 Å². The molecule has 2 rings (SSSR count). The van der Waals surface area contributed by atoms with E-state index in [4.69, 9.17) is 4.74 Å². The normalized spacial score (nSPS) is 10.6. The van der Waals surface area contributed by atoms with Crippen LogP contribution >= 0.6 is 0 Å². The second-order valence-electron chi connectivity index (χ2n) is 3.92. The zero-order chi connectivity index (χ0) is 13.0. The average Bonchev–Trinajstić information content (AvgIpc) is 2.96. The van der Waals surface area contributed by atoms with Crippen molar-refractivity contribution in [2.24, 2.45) is 7.05 Å². The Labute approximate surface area is 106 Å². The van der Waals surface area contributed by atoms with Gasteiger partial charge in [0.25, 0.3) is 0 Å². The highest BCUT2D eigenvalue weighted by atomic mass is 16.5. The van der Waals surface area contributed by atoms with E-state index in [9.17, 15) is 0 Å². The van der Waals surface area contributed by atoms with Crippen LogP contribution < -0.4 is 10.1 Å². The fourth-order valence-corrected chi connectivity index (χ4v) is 1.69. The maximum atomic E-state index is 5.16. The van der Waals surface area contributed by atoms with Gasteiger partial charge in [0.05, 0.1) is 19.0 Å². The summed E-state index contributed by atoms with van der Waals surface area (Å²) in [5, 5.41) is 11.7. The Hall–Kier alpha value is -2.08. The van der Waals surface area contributed by atoms with Crippen LogP contribution in [0, 0.1) is 0 Å². The van der Waals surface area contributed by atoms with Gasteiger partial charge in [0.15, 0.2) is 0 Å². The molecule has 0 aromatic carbocycles. The molecule has 0 amide bonds. The van der Waals surface area contributed by atoms with E-state index >= 15 is 0 Å². The molecule has 2 aromatic heterocycles. The molecular weight excluding hydrogens is 230 g/mol. The van der Waals surface area contributed by atoms with Gasteiger partial charge in [-0.15, -0.1) is 0 Å². The summed E-state index contributed by atoms with van der Waals surface area (Å²) in [6.07, 6.45) is 5.40. The lowest BCUT2D eigenvalue weighted by atomic mass is 10.3. The van der Waals surface area contributed by atoms with E-state index in [1.165, 1.54) is 0 Å². The Kier molecular flexibility index (Phi) is 3.78. The number of aromatic nitrogens is 4. The summed E-state index contributed by atoms with van der Waals surface area (Å²) in [6, 6.07) is 1.92. The van der Waals surface area contributed by atoms with Crippen molar-refractivity contribution in [2.75, 3.05) is 7.11 Å². The predicted octanol–water partition coefficient (Wildman–Crippen LogP) is 1.02. The third kappa shape index (κ3) is 2.78. The molecule has 6 nitrogen and oxygen atoms in total. The van der Waals surface area contributed by atoms with Gasteiger partial charge in [-0.3, -0.25) is 0 Å². The lowest BCUT2D eigenvalue weighted by molar-refractivity contribution is 0.373. The highest BCUT2D eigenvalue weighted by molar-refractivity contribution is 5.18. The van der Waals surface area contributed by atoms with Crippen LogP contribution in [0.4, 0.5) is 0 Å². The second-order valence-corrected chi connectivity index (χ2v) is 3.92. The molecule has 6 heteroatoms. The number of nitrogens with zero attached hydrogens (tertiary/aromatic N) is 4. The summed E-state index contributed by atoms with van der Waals surface area (Å²) < 4.78 is 8.55.